The molecule has 0 heterocycles. The number of rotatable bonds is 4. The fourth-order valence-electron chi connectivity index (χ4n) is 1.96. The van der Waals surface area contributed by atoms with Gasteiger partial charge in [0.05, 0.1) is 12.1 Å². The van der Waals surface area contributed by atoms with E-state index in [0.717, 1.165) is 5.56 Å². The summed E-state index contributed by atoms with van der Waals surface area (Å²) in [4.78, 5) is 0. The summed E-state index contributed by atoms with van der Waals surface area (Å²) >= 11 is 11.9. The minimum absolute atomic E-state index is 0. The van der Waals surface area contributed by atoms with Crippen molar-refractivity contribution in [1.82, 2.24) is 0 Å². The van der Waals surface area contributed by atoms with Crippen molar-refractivity contribution in [3.05, 3.63) is 69.7 Å². The second-order valence-electron chi connectivity index (χ2n) is 4.45. The average Bonchev–Trinajstić information content (AvgIpc) is 2.39. The fraction of sp³-hybridized carbons (Fsp3) is 0.200. The van der Waals surface area contributed by atoms with Gasteiger partial charge in [0, 0.05) is 16.5 Å². The SMILES string of the molecule is Cl.N[C@@H](c1ccc(Cl)cc1Cl)[C@H](O)Cc1ccccc1. The quantitative estimate of drug-likeness (QED) is 0.888. The molecule has 0 aliphatic heterocycles. The van der Waals surface area contributed by atoms with Gasteiger partial charge in [-0.3, -0.25) is 0 Å². The Morgan fingerprint density at radius 3 is 2.30 bits per heavy atom. The van der Waals surface area contributed by atoms with Gasteiger partial charge in [0.1, 0.15) is 0 Å². The van der Waals surface area contributed by atoms with Crippen LogP contribution in [0, 0.1) is 0 Å². The topological polar surface area (TPSA) is 46.2 Å². The largest absolute Gasteiger partial charge is 0.391 e. The van der Waals surface area contributed by atoms with E-state index in [0.29, 0.717) is 22.0 Å². The standard InChI is InChI=1S/C15H15Cl2NO.ClH/c16-11-6-7-12(13(17)9-11)15(18)14(19)8-10-4-2-1-3-5-10;/h1-7,9,14-15,19H,8,18H2;1H/t14-,15+;/m1./s1. The zero-order valence-corrected chi connectivity index (χ0v) is 13.0. The van der Waals surface area contributed by atoms with Gasteiger partial charge < -0.3 is 10.8 Å². The van der Waals surface area contributed by atoms with E-state index in [9.17, 15) is 5.11 Å². The molecule has 108 valence electrons. The second-order valence-corrected chi connectivity index (χ2v) is 5.29. The van der Waals surface area contributed by atoms with Gasteiger partial charge in [0.2, 0.25) is 0 Å². The molecule has 0 aliphatic carbocycles. The Balaban J connectivity index is 0.00000200. The minimum Gasteiger partial charge on any atom is -0.391 e. The molecule has 0 saturated heterocycles. The van der Waals surface area contributed by atoms with Crippen LogP contribution in [0.3, 0.4) is 0 Å². The highest BCUT2D eigenvalue weighted by Gasteiger charge is 2.19. The maximum Gasteiger partial charge on any atom is 0.0773 e. The number of hydrogen-bond acceptors (Lipinski definition) is 2. The first-order valence-corrected chi connectivity index (χ1v) is 6.76. The van der Waals surface area contributed by atoms with E-state index in [1.807, 2.05) is 30.3 Å². The van der Waals surface area contributed by atoms with Crippen molar-refractivity contribution in [3.8, 4) is 0 Å². The molecule has 2 aromatic carbocycles. The van der Waals surface area contributed by atoms with Gasteiger partial charge in [-0.05, 0) is 23.3 Å². The molecule has 0 amide bonds. The molecule has 0 aliphatic rings. The van der Waals surface area contributed by atoms with Crippen LogP contribution in [0.1, 0.15) is 17.2 Å². The first kappa shape index (κ1) is 17.3. The van der Waals surface area contributed by atoms with Crippen molar-refractivity contribution in [2.45, 2.75) is 18.6 Å². The van der Waals surface area contributed by atoms with Crippen LogP contribution < -0.4 is 5.73 Å². The lowest BCUT2D eigenvalue weighted by Crippen LogP contribution is -2.28. The van der Waals surface area contributed by atoms with Crippen molar-refractivity contribution in [1.29, 1.82) is 0 Å². The highest BCUT2D eigenvalue weighted by atomic mass is 35.5. The van der Waals surface area contributed by atoms with E-state index in [4.69, 9.17) is 28.9 Å². The molecule has 2 nitrogen and oxygen atoms in total. The molecule has 2 atom stereocenters. The summed E-state index contributed by atoms with van der Waals surface area (Å²) in [5, 5.41) is 11.2. The second kappa shape index (κ2) is 7.87. The van der Waals surface area contributed by atoms with E-state index in [-0.39, 0.29) is 12.4 Å². The molecule has 0 aromatic heterocycles. The molecule has 0 fully saturated rings. The molecule has 3 N–H and O–H groups in total. The third-order valence-corrected chi connectivity index (χ3v) is 3.59. The van der Waals surface area contributed by atoms with Crippen LogP contribution in [-0.2, 0) is 6.42 Å². The smallest absolute Gasteiger partial charge is 0.0773 e. The van der Waals surface area contributed by atoms with Gasteiger partial charge in [0.15, 0.2) is 0 Å². The molecule has 2 aromatic rings. The first-order chi connectivity index (χ1) is 9.08. The zero-order chi connectivity index (χ0) is 13.8. The molecule has 2 rings (SSSR count). The van der Waals surface area contributed by atoms with Crippen LogP contribution in [0.15, 0.2) is 48.5 Å². The third-order valence-electron chi connectivity index (χ3n) is 3.02. The molecule has 20 heavy (non-hydrogen) atoms. The molecule has 5 heteroatoms. The van der Waals surface area contributed by atoms with Crippen molar-refractivity contribution in [2.75, 3.05) is 0 Å². The normalized spacial score (nSPS) is 13.4. The number of aliphatic hydroxyl groups excluding tert-OH is 1. The Hall–Kier alpha value is -0.770. The lowest BCUT2D eigenvalue weighted by molar-refractivity contribution is 0.145. The van der Waals surface area contributed by atoms with Crippen LogP contribution in [0.2, 0.25) is 10.0 Å². The van der Waals surface area contributed by atoms with Crippen LogP contribution in [-0.4, -0.2) is 11.2 Å². The van der Waals surface area contributed by atoms with Gasteiger partial charge in [-0.2, -0.15) is 0 Å². The van der Waals surface area contributed by atoms with Crippen LogP contribution in [0.5, 0.6) is 0 Å². The maximum absolute atomic E-state index is 10.2. The van der Waals surface area contributed by atoms with Crippen LogP contribution in [0.25, 0.3) is 0 Å². The van der Waals surface area contributed by atoms with Crippen molar-refractivity contribution < 1.29 is 5.11 Å². The predicted molar refractivity (Wildman–Crippen MR) is 86.8 cm³/mol. The number of halogens is 3. The number of nitrogens with two attached hydrogens (primary N) is 1. The number of benzene rings is 2. The summed E-state index contributed by atoms with van der Waals surface area (Å²) in [6.45, 7) is 0. The van der Waals surface area contributed by atoms with Gasteiger partial charge in [0.25, 0.3) is 0 Å². The summed E-state index contributed by atoms with van der Waals surface area (Å²) in [5.41, 5.74) is 7.80. The Morgan fingerprint density at radius 1 is 1.05 bits per heavy atom. The van der Waals surface area contributed by atoms with E-state index >= 15 is 0 Å². The lowest BCUT2D eigenvalue weighted by atomic mass is 9.97. The molecule has 0 spiro atoms. The van der Waals surface area contributed by atoms with Gasteiger partial charge in [-0.25, -0.2) is 0 Å². The predicted octanol–water partition coefficient (Wildman–Crippen LogP) is 4.02. The van der Waals surface area contributed by atoms with Crippen LogP contribution >= 0.6 is 35.6 Å². The molecule has 0 unspecified atom stereocenters. The minimum atomic E-state index is -0.693. The van der Waals surface area contributed by atoms with E-state index in [2.05, 4.69) is 0 Å². The average molecular weight is 333 g/mol. The highest BCUT2D eigenvalue weighted by Crippen LogP contribution is 2.27. The maximum atomic E-state index is 10.2. The van der Waals surface area contributed by atoms with Crippen molar-refractivity contribution in [2.24, 2.45) is 5.73 Å². The molecule has 0 bridgehead atoms. The molecular formula is C15H16Cl3NO. The van der Waals surface area contributed by atoms with E-state index in [1.54, 1.807) is 18.2 Å². The summed E-state index contributed by atoms with van der Waals surface area (Å²) in [7, 11) is 0. The fourth-order valence-corrected chi connectivity index (χ4v) is 2.50. The highest BCUT2D eigenvalue weighted by molar-refractivity contribution is 6.35. The Labute approximate surface area is 134 Å². The van der Waals surface area contributed by atoms with E-state index < -0.39 is 12.1 Å². The lowest BCUT2D eigenvalue weighted by Gasteiger charge is -2.20. The molecule has 0 saturated carbocycles. The van der Waals surface area contributed by atoms with E-state index in [1.165, 1.54) is 0 Å². The first-order valence-electron chi connectivity index (χ1n) is 6.00. The van der Waals surface area contributed by atoms with Crippen molar-refractivity contribution >= 4 is 35.6 Å². The monoisotopic (exact) mass is 331 g/mol. The Bertz CT molecular complexity index is 548. The number of hydrogen-bond donors (Lipinski definition) is 2. The molecule has 0 radical (unpaired) electrons. The summed E-state index contributed by atoms with van der Waals surface area (Å²) < 4.78 is 0. The third kappa shape index (κ3) is 4.37. The van der Waals surface area contributed by atoms with Gasteiger partial charge >= 0.3 is 0 Å². The van der Waals surface area contributed by atoms with Crippen LogP contribution in [0.4, 0.5) is 0 Å². The summed E-state index contributed by atoms with van der Waals surface area (Å²) in [6, 6.07) is 14.3. The van der Waals surface area contributed by atoms with Gasteiger partial charge in [-0.1, -0.05) is 59.6 Å². The number of aliphatic hydroxyl groups is 1. The zero-order valence-electron chi connectivity index (χ0n) is 10.7. The Kier molecular flexibility index (Phi) is 6.80. The summed E-state index contributed by atoms with van der Waals surface area (Å²) in [6.07, 6.45) is -0.206. The van der Waals surface area contributed by atoms with Crippen molar-refractivity contribution in [3.63, 3.8) is 0 Å². The summed E-state index contributed by atoms with van der Waals surface area (Å²) in [5.74, 6) is 0. The van der Waals surface area contributed by atoms with Gasteiger partial charge in [-0.15, -0.1) is 12.4 Å². The Morgan fingerprint density at radius 2 is 1.70 bits per heavy atom. The molecular weight excluding hydrogens is 317 g/mol.